The Labute approximate surface area is 153 Å². The molecule has 0 atom stereocenters. The van der Waals surface area contributed by atoms with Crippen LogP contribution in [0.25, 0.3) is 16.9 Å². The molecule has 9 heteroatoms. The van der Waals surface area contributed by atoms with Gasteiger partial charge < -0.3 is 4.74 Å². The number of benzene rings is 2. The highest BCUT2D eigenvalue weighted by Gasteiger charge is 2.35. The van der Waals surface area contributed by atoms with Crippen LogP contribution < -0.4 is 4.74 Å². The van der Waals surface area contributed by atoms with E-state index in [-0.39, 0.29) is 10.6 Å². The van der Waals surface area contributed by atoms with E-state index in [9.17, 15) is 21.6 Å². The monoisotopic (exact) mass is 396 g/mol. The van der Waals surface area contributed by atoms with Crippen molar-refractivity contribution in [3.05, 3.63) is 60.3 Å². The van der Waals surface area contributed by atoms with E-state index >= 15 is 0 Å². The second-order valence-electron chi connectivity index (χ2n) is 5.82. The third-order valence-corrected chi connectivity index (χ3v) is 5.02. The Hall–Kier alpha value is -2.81. The van der Waals surface area contributed by atoms with E-state index in [1.807, 2.05) is 0 Å². The van der Waals surface area contributed by atoms with Crippen LogP contribution >= 0.6 is 0 Å². The first kappa shape index (κ1) is 19.0. The molecule has 1 heterocycles. The summed E-state index contributed by atoms with van der Waals surface area (Å²) in [6.45, 7) is 0. The largest absolute Gasteiger partial charge is 0.497 e. The Bertz CT molecular complexity index is 1050. The molecule has 0 N–H and O–H groups in total. The smallest absolute Gasteiger partial charge is 0.435 e. The summed E-state index contributed by atoms with van der Waals surface area (Å²) in [6.07, 6.45) is -3.55. The molecule has 0 spiro atoms. The molecule has 0 aliphatic carbocycles. The minimum Gasteiger partial charge on any atom is -0.497 e. The Morgan fingerprint density at radius 3 is 2.07 bits per heavy atom. The number of ether oxygens (including phenoxy) is 1. The van der Waals surface area contributed by atoms with Gasteiger partial charge in [-0.15, -0.1) is 0 Å². The van der Waals surface area contributed by atoms with Crippen LogP contribution in [0.2, 0.25) is 0 Å². The molecule has 2 aromatic carbocycles. The average Bonchev–Trinajstić information content (AvgIpc) is 3.07. The standard InChI is InChI=1S/C18H15F3N2O3S/c1-26-14-7-5-13(6-8-14)23-16(11-17(22-23)18(19,20)21)12-3-9-15(10-4-12)27(2,24)25/h3-11H,1-2H3. The van der Waals surface area contributed by atoms with Gasteiger partial charge >= 0.3 is 6.18 Å². The lowest BCUT2D eigenvalue weighted by atomic mass is 10.1. The summed E-state index contributed by atoms with van der Waals surface area (Å²) in [4.78, 5) is 0.0813. The van der Waals surface area contributed by atoms with Crippen molar-refractivity contribution in [2.45, 2.75) is 11.1 Å². The third-order valence-electron chi connectivity index (χ3n) is 3.90. The number of halogens is 3. The number of alkyl halides is 3. The Balaban J connectivity index is 2.14. The lowest BCUT2D eigenvalue weighted by molar-refractivity contribution is -0.141. The van der Waals surface area contributed by atoms with Crippen molar-refractivity contribution in [3.8, 4) is 22.7 Å². The molecule has 0 saturated carbocycles. The molecular formula is C18H15F3N2O3S. The Kier molecular flexibility index (Phi) is 4.73. The Morgan fingerprint density at radius 1 is 1.00 bits per heavy atom. The predicted molar refractivity (Wildman–Crippen MR) is 93.7 cm³/mol. The van der Waals surface area contributed by atoms with Crippen LogP contribution in [0.15, 0.2) is 59.5 Å². The van der Waals surface area contributed by atoms with Gasteiger partial charge in [-0.3, -0.25) is 0 Å². The molecule has 27 heavy (non-hydrogen) atoms. The molecule has 0 amide bonds. The van der Waals surface area contributed by atoms with Crippen molar-refractivity contribution < 1.29 is 26.3 Å². The minimum atomic E-state index is -4.61. The van der Waals surface area contributed by atoms with E-state index < -0.39 is 21.7 Å². The summed E-state index contributed by atoms with van der Waals surface area (Å²) >= 11 is 0. The molecule has 5 nitrogen and oxygen atoms in total. The zero-order chi connectivity index (χ0) is 19.8. The highest BCUT2D eigenvalue weighted by atomic mass is 32.2. The minimum absolute atomic E-state index is 0.0813. The van der Waals surface area contributed by atoms with E-state index in [0.29, 0.717) is 17.0 Å². The number of sulfone groups is 1. The highest BCUT2D eigenvalue weighted by molar-refractivity contribution is 7.90. The summed E-state index contributed by atoms with van der Waals surface area (Å²) in [7, 11) is -1.92. The fraction of sp³-hybridized carbons (Fsp3) is 0.167. The van der Waals surface area contributed by atoms with Gasteiger partial charge in [0.1, 0.15) is 5.75 Å². The molecule has 0 radical (unpaired) electrons. The maximum Gasteiger partial charge on any atom is 0.435 e. The number of aromatic nitrogens is 2. The molecule has 3 rings (SSSR count). The van der Waals surface area contributed by atoms with Crippen molar-refractivity contribution in [3.63, 3.8) is 0 Å². The third kappa shape index (κ3) is 3.97. The number of nitrogens with zero attached hydrogens (tertiary/aromatic N) is 2. The van der Waals surface area contributed by atoms with Gasteiger partial charge in [-0.05, 0) is 42.5 Å². The quantitative estimate of drug-likeness (QED) is 0.670. The molecule has 0 unspecified atom stereocenters. The van der Waals surface area contributed by atoms with Gasteiger partial charge in [0.25, 0.3) is 0 Å². The van der Waals surface area contributed by atoms with Crippen LogP contribution in [0.3, 0.4) is 0 Å². The number of hydrogen-bond donors (Lipinski definition) is 0. The molecule has 142 valence electrons. The molecule has 0 fully saturated rings. The molecule has 1 aromatic heterocycles. The van der Waals surface area contributed by atoms with Crippen LogP contribution in [0.5, 0.6) is 5.75 Å². The second kappa shape index (κ2) is 6.73. The fourth-order valence-corrected chi connectivity index (χ4v) is 3.15. The summed E-state index contributed by atoms with van der Waals surface area (Å²) in [5.74, 6) is 0.556. The first-order valence-electron chi connectivity index (χ1n) is 7.72. The van der Waals surface area contributed by atoms with Crippen molar-refractivity contribution in [1.82, 2.24) is 9.78 Å². The van der Waals surface area contributed by atoms with Crippen molar-refractivity contribution in [2.24, 2.45) is 0 Å². The van der Waals surface area contributed by atoms with Crippen molar-refractivity contribution >= 4 is 9.84 Å². The predicted octanol–water partition coefficient (Wildman–Crippen LogP) is 3.97. The molecule has 3 aromatic rings. The van der Waals surface area contributed by atoms with Gasteiger partial charge in [0.2, 0.25) is 0 Å². The topological polar surface area (TPSA) is 61.2 Å². The molecule has 0 bridgehead atoms. The summed E-state index contributed by atoms with van der Waals surface area (Å²) in [5.41, 5.74) is -0.0391. The van der Waals surface area contributed by atoms with Gasteiger partial charge in [0.05, 0.1) is 23.4 Å². The molecule has 0 aliphatic heterocycles. The summed E-state index contributed by atoms with van der Waals surface area (Å²) in [5, 5.41) is 3.69. The van der Waals surface area contributed by atoms with Gasteiger partial charge in [-0.25, -0.2) is 13.1 Å². The molecule has 0 saturated heterocycles. The summed E-state index contributed by atoms with van der Waals surface area (Å²) in [6, 6.07) is 12.9. The van der Waals surface area contributed by atoms with Gasteiger partial charge in [0, 0.05) is 11.8 Å². The van der Waals surface area contributed by atoms with E-state index in [4.69, 9.17) is 4.74 Å². The first-order chi connectivity index (χ1) is 12.6. The SMILES string of the molecule is COc1ccc(-n2nc(C(F)(F)F)cc2-c2ccc(S(C)(=O)=O)cc2)cc1. The number of hydrogen-bond acceptors (Lipinski definition) is 4. The van der Waals surface area contributed by atoms with Crippen molar-refractivity contribution in [2.75, 3.05) is 13.4 Å². The van der Waals surface area contributed by atoms with E-state index in [1.165, 1.54) is 31.4 Å². The highest BCUT2D eigenvalue weighted by Crippen LogP contribution is 2.33. The van der Waals surface area contributed by atoms with Crippen LogP contribution in [0.1, 0.15) is 5.69 Å². The average molecular weight is 396 g/mol. The van der Waals surface area contributed by atoms with Crippen LogP contribution in [0, 0.1) is 0 Å². The van der Waals surface area contributed by atoms with Gasteiger partial charge in [-0.2, -0.15) is 18.3 Å². The lowest BCUT2D eigenvalue weighted by Crippen LogP contribution is -2.07. The maximum absolute atomic E-state index is 13.2. The number of methoxy groups -OCH3 is 1. The van der Waals surface area contributed by atoms with E-state index in [0.717, 1.165) is 17.0 Å². The van der Waals surface area contributed by atoms with Crippen LogP contribution in [-0.2, 0) is 16.0 Å². The van der Waals surface area contributed by atoms with Crippen LogP contribution in [0.4, 0.5) is 13.2 Å². The van der Waals surface area contributed by atoms with Crippen molar-refractivity contribution in [1.29, 1.82) is 0 Å². The zero-order valence-electron chi connectivity index (χ0n) is 14.4. The van der Waals surface area contributed by atoms with E-state index in [1.54, 1.807) is 24.3 Å². The maximum atomic E-state index is 13.2. The fourth-order valence-electron chi connectivity index (χ4n) is 2.52. The Morgan fingerprint density at radius 2 is 1.59 bits per heavy atom. The lowest BCUT2D eigenvalue weighted by Gasteiger charge is -2.09. The normalized spacial score (nSPS) is 12.2. The zero-order valence-corrected chi connectivity index (χ0v) is 15.2. The van der Waals surface area contributed by atoms with E-state index in [2.05, 4.69) is 5.10 Å². The second-order valence-corrected chi connectivity index (χ2v) is 7.83. The molecular weight excluding hydrogens is 381 g/mol. The van der Waals surface area contributed by atoms with Crippen LogP contribution in [-0.4, -0.2) is 31.6 Å². The summed E-state index contributed by atoms with van der Waals surface area (Å²) < 4.78 is 68.9. The van der Waals surface area contributed by atoms with Gasteiger partial charge in [0.15, 0.2) is 15.5 Å². The van der Waals surface area contributed by atoms with Gasteiger partial charge in [-0.1, -0.05) is 12.1 Å². The first-order valence-corrected chi connectivity index (χ1v) is 9.61. The molecule has 0 aliphatic rings. The number of rotatable bonds is 4.